The highest BCUT2D eigenvalue weighted by Gasteiger charge is 2.13. The van der Waals surface area contributed by atoms with Crippen molar-refractivity contribution in [2.75, 3.05) is 7.05 Å². The van der Waals surface area contributed by atoms with Crippen molar-refractivity contribution in [3.63, 3.8) is 0 Å². The molecule has 3 aromatic rings. The molecule has 1 N–H and O–H groups in total. The molecule has 0 saturated heterocycles. The number of hydrogen-bond donors (Lipinski definition) is 1. The lowest BCUT2D eigenvalue weighted by Gasteiger charge is -2.13. The Hall–Kier alpha value is -2.44. The van der Waals surface area contributed by atoms with Crippen LogP contribution in [0, 0.1) is 12.7 Å². The lowest BCUT2D eigenvalue weighted by Crippen LogP contribution is -2.18. The summed E-state index contributed by atoms with van der Waals surface area (Å²) in [6.45, 7) is 1.96. The van der Waals surface area contributed by atoms with Crippen molar-refractivity contribution in [2.45, 2.75) is 11.8 Å². The van der Waals surface area contributed by atoms with Crippen LogP contribution in [0.1, 0.15) is 5.69 Å². The second kappa shape index (κ2) is 6.22. The number of nitrogens with zero attached hydrogens (tertiary/aromatic N) is 1. The lowest BCUT2D eigenvalue weighted by molar-refractivity contribution is 0.588. The molecule has 1 heterocycles. The minimum atomic E-state index is -3.46. The molecule has 0 radical (unpaired) electrons. The summed E-state index contributed by atoms with van der Waals surface area (Å²) in [5.74, 6) is -0.282. The molecule has 0 aliphatic rings. The van der Waals surface area contributed by atoms with Gasteiger partial charge >= 0.3 is 0 Å². The van der Waals surface area contributed by atoms with Crippen molar-refractivity contribution in [3.8, 4) is 16.9 Å². The van der Waals surface area contributed by atoms with Gasteiger partial charge in [0.25, 0.3) is 0 Å². The molecule has 0 aliphatic heterocycles. The third kappa shape index (κ3) is 2.98. The first-order valence-electron chi connectivity index (χ1n) is 7.40. The molecule has 24 heavy (non-hydrogen) atoms. The Kier molecular flexibility index (Phi) is 4.26. The minimum absolute atomic E-state index is 0.210. The van der Waals surface area contributed by atoms with E-state index in [0.717, 1.165) is 22.6 Å². The van der Waals surface area contributed by atoms with Crippen molar-refractivity contribution in [2.24, 2.45) is 0 Å². The van der Waals surface area contributed by atoms with Gasteiger partial charge in [0.15, 0.2) is 0 Å². The monoisotopic (exact) mass is 344 g/mol. The van der Waals surface area contributed by atoms with Gasteiger partial charge in [0.2, 0.25) is 10.0 Å². The maximum absolute atomic E-state index is 13.2. The predicted octanol–water partition coefficient (Wildman–Crippen LogP) is 3.50. The van der Waals surface area contributed by atoms with Gasteiger partial charge in [-0.15, -0.1) is 0 Å². The largest absolute Gasteiger partial charge is 0.314 e. The quantitative estimate of drug-likeness (QED) is 0.787. The molecule has 0 bridgehead atoms. The Labute approximate surface area is 140 Å². The average Bonchev–Trinajstić information content (AvgIpc) is 2.97. The molecule has 0 aliphatic carbocycles. The summed E-state index contributed by atoms with van der Waals surface area (Å²) < 4.78 is 41.1. The van der Waals surface area contributed by atoms with Crippen LogP contribution >= 0.6 is 0 Å². The molecule has 6 heteroatoms. The highest BCUT2D eigenvalue weighted by Crippen LogP contribution is 2.27. The molecule has 0 unspecified atom stereocenters. The summed E-state index contributed by atoms with van der Waals surface area (Å²) >= 11 is 0. The summed E-state index contributed by atoms with van der Waals surface area (Å²) in [5, 5.41) is 0. The maximum Gasteiger partial charge on any atom is 0.240 e. The van der Waals surface area contributed by atoms with E-state index >= 15 is 0 Å². The SMILES string of the molecule is CNS(=O)(=O)c1ccc(-n2c(C)ccc2-c2ccc(F)cc2)cc1. The van der Waals surface area contributed by atoms with Gasteiger partial charge in [0.1, 0.15) is 5.82 Å². The van der Waals surface area contributed by atoms with Gasteiger partial charge in [0.05, 0.1) is 10.6 Å². The number of hydrogen-bond acceptors (Lipinski definition) is 2. The minimum Gasteiger partial charge on any atom is -0.314 e. The Morgan fingerprint density at radius 1 is 0.917 bits per heavy atom. The summed E-state index contributed by atoms with van der Waals surface area (Å²) in [6, 6.07) is 16.9. The molecule has 0 amide bonds. The van der Waals surface area contributed by atoms with E-state index in [1.54, 1.807) is 36.4 Å². The molecule has 0 saturated carbocycles. The Bertz CT molecular complexity index is 959. The molecule has 0 atom stereocenters. The van der Waals surface area contributed by atoms with Crippen LogP contribution in [-0.2, 0) is 10.0 Å². The van der Waals surface area contributed by atoms with E-state index in [0.29, 0.717) is 0 Å². The van der Waals surface area contributed by atoms with Crippen molar-refractivity contribution in [1.29, 1.82) is 0 Å². The topological polar surface area (TPSA) is 51.1 Å². The number of aromatic nitrogens is 1. The zero-order valence-electron chi connectivity index (χ0n) is 13.3. The number of rotatable bonds is 4. The smallest absolute Gasteiger partial charge is 0.240 e. The zero-order valence-corrected chi connectivity index (χ0v) is 14.1. The fourth-order valence-electron chi connectivity index (χ4n) is 2.62. The summed E-state index contributed by atoms with van der Waals surface area (Å²) in [7, 11) is -2.08. The van der Waals surface area contributed by atoms with Crippen LogP contribution in [0.3, 0.4) is 0 Å². The summed E-state index contributed by atoms with van der Waals surface area (Å²) in [5.41, 5.74) is 3.64. The van der Waals surface area contributed by atoms with Crippen molar-refractivity contribution < 1.29 is 12.8 Å². The van der Waals surface area contributed by atoms with Crippen LogP contribution < -0.4 is 4.72 Å². The molecule has 0 spiro atoms. The van der Waals surface area contributed by atoms with Crippen molar-refractivity contribution >= 4 is 10.0 Å². The van der Waals surface area contributed by atoms with Crippen LogP contribution in [-0.4, -0.2) is 20.0 Å². The van der Waals surface area contributed by atoms with E-state index in [1.165, 1.54) is 19.2 Å². The normalized spacial score (nSPS) is 11.6. The highest BCUT2D eigenvalue weighted by molar-refractivity contribution is 7.89. The number of nitrogens with one attached hydrogen (secondary N) is 1. The molecule has 1 aromatic heterocycles. The van der Waals surface area contributed by atoms with Crippen LogP contribution in [0.2, 0.25) is 0 Å². The lowest BCUT2D eigenvalue weighted by atomic mass is 10.1. The standard InChI is InChI=1S/C18H17FN2O2S/c1-13-3-12-18(14-4-6-15(19)7-5-14)21(13)16-8-10-17(11-9-16)24(22,23)20-2/h3-12,20H,1-2H3. The number of aryl methyl sites for hydroxylation is 1. The molecule has 0 fully saturated rings. The summed E-state index contributed by atoms with van der Waals surface area (Å²) in [6.07, 6.45) is 0. The molecule has 3 rings (SSSR count). The van der Waals surface area contributed by atoms with Gasteiger partial charge in [-0.2, -0.15) is 0 Å². The Balaban J connectivity index is 2.07. The molecular formula is C18H17FN2O2S. The maximum atomic E-state index is 13.2. The zero-order chi connectivity index (χ0) is 17.3. The van der Waals surface area contributed by atoms with Crippen molar-refractivity contribution in [3.05, 3.63) is 72.2 Å². The van der Waals surface area contributed by atoms with Gasteiger partial charge in [0, 0.05) is 11.4 Å². The number of sulfonamides is 1. The van der Waals surface area contributed by atoms with Crippen molar-refractivity contribution in [1.82, 2.24) is 9.29 Å². The van der Waals surface area contributed by atoms with Gasteiger partial charge in [-0.3, -0.25) is 0 Å². The third-order valence-corrected chi connectivity index (χ3v) is 5.32. The van der Waals surface area contributed by atoms with E-state index in [1.807, 2.05) is 23.6 Å². The molecule has 4 nitrogen and oxygen atoms in total. The second-order valence-corrected chi connectivity index (χ2v) is 7.29. The van der Waals surface area contributed by atoms with Crippen LogP contribution in [0.5, 0.6) is 0 Å². The first-order chi connectivity index (χ1) is 11.4. The van der Waals surface area contributed by atoms with Gasteiger partial charge in [-0.1, -0.05) is 0 Å². The van der Waals surface area contributed by atoms with Gasteiger partial charge in [-0.25, -0.2) is 17.5 Å². The Morgan fingerprint density at radius 3 is 2.12 bits per heavy atom. The molecule has 2 aromatic carbocycles. The number of benzene rings is 2. The second-order valence-electron chi connectivity index (χ2n) is 5.40. The van der Waals surface area contributed by atoms with E-state index in [4.69, 9.17) is 0 Å². The van der Waals surface area contributed by atoms with Crippen LogP contribution in [0.15, 0.2) is 65.6 Å². The molecule has 124 valence electrons. The summed E-state index contributed by atoms with van der Waals surface area (Å²) in [4.78, 5) is 0.210. The number of halogens is 1. The fraction of sp³-hybridized carbons (Fsp3) is 0.111. The van der Waals surface area contributed by atoms with Crippen LogP contribution in [0.25, 0.3) is 16.9 Å². The van der Waals surface area contributed by atoms with E-state index in [9.17, 15) is 12.8 Å². The van der Waals surface area contributed by atoms with Gasteiger partial charge < -0.3 is 4.57 Å². The third-order valence-electron chi connectivity index (χ3n) is 3.89. The van der Waals surface area contributed by atoms with E-state index in [2.05, 4.69) is 4.72 Å². The van der Waals surface area contributed by atoms with Gasteiger partial charge in [-0.05, 0) is 80.2 Å². The highest BCUT2D eigenvalue weighted by atomic mass is 32.2. The van der Waals surface area contributed by atoms with E-state index in [-0.39, 0.29) is 10.7 Å². The predicted molar refractivity (Wildman–Crippen MR) is 92.1 cm³/mol. The Morgan fingerprint density at radius 2 is 1.54 bits per heavy atom. The fourth-order valence-corrected chi connectivity index (χ4v) is 3.35. The first-order valence-corrected chi connectivity index (χ1v) is 8.89. The van der Waals surface area contributed by atoms with E-state index < -0.39 is 10.0 Å². The van der Waals surface area contributed by atoms with Crippen LogP contribution in [0.4, 0.5) is 4.39 Å². The molecular weight excluding hydrogens is 327 g/mol. The first kappa shape index (κ1) is 16.4. The average molecular weight is 344 g/mol.